The molecule has 2 aromatic heterocycles. The van der Waals surface area contributed by atoms with Gasteiger partial charge in [0.2, 0.25) is 0 Å². The van der Waals surface area contributed by atoms with Crippen LogP contribution in [0.4, 0.5) is 0 Å². The number of hydrogen-bond donors (Lipinski definition) is 1. The van der Waals surface area contributed by atoms with Gasteiger partial charge in [0.15, 0.2) is 0 Å². The largest absolute Gasteiger partial charge is 0.477 e. The van der Waals surface area contributed by atoms with Crippen LogP contribution in [0.25, 0.3) is 10.9 Å². The van der Waals surface area contributed by atoms with Gasteiger partial charge in [0.05, 0.1) is 16.8 Å². The zero-order chi connectivity index (χ0) is 11.7. The third kappa shape index (κ3) is 2.85. The molecule has 2 rings (SSSR count). The van der Waals surface area contributed by atoms with E-state index in [-0.39, 0.29) is 24.6 Å². The van der Waals surface area contributed by atoms with Crippen molar-refractivity contribution in [3.05, 3.63) is 22.6 Å². The molecule has 17 heavy (non-hydrogen) atoms. The molecule has 0 aromatic carbocycles. The monoisotopic (exact) mass is 308 g/mol. The maximum absolute atomic E-state index is 10.8. The summed E-state index contributed by atoms with van der Waals surface area (Å²) < 4.78 is 2.43. The topological polar surface area (TPSA) is 68.0 Å². The third-order valence-corrected chi connectivity index (χ3v) is 3.15. The fourth-order valence-electron chi connectivity index (χ4n) is 1.37. The van der Waals surface area contributed by atoms with Gasteiger partial charge in [0.25, 0.3) is 0 Å². The van der Waals surface area contributed by atoms with Crippen molar-refractivity contribution < 1.29 is 9.90 Å². The molecule has 2 aromatic rings. The summed E-state index contributed by atoms with van der Waals surface area (Å²) in [7, 11) is 0. The predicted octanol–water partition coefficient (Wildman–Crippen LogP) is 1.83. The molecule has 0 aliphatic rings. The van der Waals surface area contributed by atoms with Crippen LogP contribution in [-0.2, 0) is 5.88 Å². The Morgan fingerprint density at radius 3 is 2.94 bits per heavy atom. The summed E-state index contributed by atoms with van der Waals surface area (Å²) in [6.07, 6.45) is 3.48. The molecule has 0 saturated heterocycles. The number of carboxylic acids is 1. The molecule has 0 aliphatic heterocycles. The van der Waals surface area contributed by atoms with E-state index in [4.69, 9.17) is 5.11 Å². The van der Waals surface area contributed by atoms with E-state index in [1.807, 2.05) is 6.26 Å². The van der Waals surface area contributed by atoms with Crippen LogP contribution in [0.15, 0.2) is 16.9 Å². The van der Waals surface area contributed by atoms with Crippen LogP contribution in [0.3, 0.4) is 0 Å². The molecule has 0 bridgehead atoms. The van der Waals surface area contributed by atoms with Crippen LogP contribution >= 0.6 is 27.7 Å². The number of halogens is 1. The van der Waals surface area contributed by atoms with Crippen LogP contribution in [0.1, 0.15) is 10.5 Å². The number of aromatic nitrogens is 3. The molecule has 0 spiro atoms. The average molecular weight is 309 g/mol. The van der Waals surface area contributed by atoms with Gasteiger partial charge in [-0.2, -0.15) is 5.10 Å². The summed E-state index contributed by atoms with van der Waals surface area (Å²) in [4.78, 5) is 14.7. The first kappa shape index (κ1) is 14.6. The van der Waals surface area contributed by atoms with Crippen LogP contribution in [0.5, 0.6) is 0 Å². The minimum atomic E-state index is -1.03. The van der Waals surface area contributed by atoms with E-state index in [0.29, 0.717) is 10.5 Å². The van der Waals surface area contributed by atoms with Crippen molar-refractivity contribution in [2.75, 3.05) is 6.26 Å². The SMILES string of the molecule is CSCn1nc(Br)c2cnc(C(=O)O)cc21.[Li]. The normalized spacial score (nSPS) is 10.2. The summed E-state index contributed by atoms with van der Waals surface area (Å²) in [5.74, 6) is -0.361. The Morgan fingerprint density at radius 2 is 2.35 bits per heavy atom. The summed E-state index contributed by atoms with van der Waals surface area (Å²) >= 11 is 4.93. The van der Waals surface area contributed by atoms with Crippen molar-refractivity contribution in [1.82, 2.24) is 14.8 Å². The van der Waals surface area contributed by atoms with Gasteiger partial charge in [-0.1, -0.05) is 0 Å². The molecule has 8 heteroatoms. The molecule has 0 atom stereocenters. The molecule has 0 aliphatic carbocycles. The maximum atomic E-state index is 10.8. The standard InChI is InChI=1S/C9H8BrN3O2S.Li/c1-16-4-13-7-2-6(9(14)15)11-3-5(7)8(10)12-13;/h2-3H,4H2,1H3,(H,14,15);. The minimum absolute atomic E-state index is 0. The number of fused-ring (bicyclic) bond motifs is 1. The van der Waals surface area contributed by atoms with E-state index in [1.54, 1.807) is 16.4 Å². The second-order valence-corrected chi connectivity index (χ2v) is 4.69. The van der Waals surface area contributed by atoms with Gasteiger partial charge in [0.1, 0.15) is 10.3 Å². The average Bonchev–Trinajstić information content (AvgIpc) is 2.56. The van der Waals surface area contributed by atoms with E-state index < -0.39 is 5.97 Å². The van der Waals surface area contributed by atoms with Crippen LogP contribution in [0.2, 0.25) is 0 Å². The molecule has 0 saturated carbocycles. The smallest absolute Gasteiger partial charge is 0.354 e. The first-order valence-electron chi connectivity index (χ1n) is 4.37. The zero-order valence-corrected chi connectivity index (χ0v) is 11.7. The van der Waals surface area contributed by atoms with Gasteiger partial charge >= 0.3 is 5.97 Å². The molecule has 1 radical (unpaired) electrons. The number of thioether (sulfide) groups is 1. The quantitative estimate of drug-likeness (QED) is 0.876. The fourth-order valence-corrected chi connectivity index (χ4v) is 2.31. The summed E-state index contributed by atoms with van der Waals surface area (Å²) in [5.41, 5.74) is 0.802. The van der Waals surface area contributed by atoms with Gasteiger partial charge in [-0.25, -0.2) is 9.78 Å². The first-order chi connectivity index (χ1) is 7.63. The van der Waals surface area contributed by atoms with Crippen molar-refractivity contribution in [3.63, 3.8) is 0 Å². The van der Waals surface area contributed by atoms with E-state index in [2.05, 4.69) is 26.0 Å². The maximum Gasteiger partial charge on any atom is 0.354 e. The predicted molar refractivity (Wildman–Crippen MR) is 71.5 cm³/mol. The van der Waals surface area contributed by atoms with Crippen molar-refractivity contribution in [2.24, 2.45) is 0 Å². The Hall–Kier alpha value is -0.483. The molecule has 1 N–H and O–H groups in total. The van der Waals surface area contributed by atoms with Crippen molar-refractivity contribution in [3.8, 4) is 0 Å². The number of aromatic carboxylic acids is 1. The van der Waals surface area contributed by atoms with E-state index in [1.165, 1.54) is 12.3 Å². The molecule has 85 valence electrons. The van der Waals surface area contributed by atoms with Crippen molar-refractivity contribution >= 4 is 63.4 Å². The van der Waals surface area contributed by atoms with Gasteiger partial charge in [-0.15, -0.1) is 11.8 Å². The number of rotatable bonds is 3. The van der Waals surface area contributed by atoms with Gasteiger partial charge in [0, 0.05) is 25.1 Å². The summed E-state index contributed by atoms with van der Waals surface area (Å²) in [5, 5.41) is 13.9. The Morgan fingerprint density at radius 1 is 1.65 bits per heavy atom. The minimum Gasteiger partial charge on any atom is -0.477 e. The second kappa shape index (κ2) is 5.91. The van der Waals surface area contributed by atoms with Gasteiger partial charge in [-0.3, -0.25) is 4.68 Å². The van der Waals surface area contributed by atoms with Crippen LogP contribution in [0, 0.1) is 0 Å². The van der Waals surface area contributed by atoms with Crippen LogP contribution in [-0.4, -0.2) is 51.0 Å². The van der Waals surface area contributed by atoms with E-state index in [9.17, 15) is 4.79 Å². The molecule has 0 amide bonds. The van der Waals surface area contributed by atoms with Crippen LogP contribution < -0.4 is 0 Å². The number of carboxylic acid groups (broad SMARTS) is 1. The van der Waals surface area contributed by atoms with Crippen molar-refractivity contribution in [2.45, 2.75) is 5.88 Å². The van der Waals surface area contributed by atoms with E-state index >= 15 is 0 Å². The number of hydrogen-bond acceptors (Lipinski definition) is 4. The first-order valence-corrected chi connectivity index (χ1v) is 6.56. The molecule has 0 fully saturated rings. The molecule has 0 unspecified atom stereocenters. The summed E-state index contributed by atoms with van der Waals surface area (Å²) in [6.45, 7) is 0. The third-order valence-electron chi connectivity index (χ3n) is 2.06. The Kier molecular flexibility index (Phi) is 5.07. The summed E-state index contributed by atoms with van der Waals surface area (Å²) in [6, 6.07) is 1.53. The van der Waals surface area contributed by atoms with Crippen molar-refractivity contribution in [1.29, 1.82) is 0 Å². The number of nitrogens with zero attached hydrogens (tertiary/aromatic N) is 3. The zero-order valence-electron chi connectivity index (χ0n) is 9.35. The number of carbonyl (C=O) groups is 1. The Labute approximate surface area is 122 Å². The molecular formula is C9H8BrLiN3O2S. The molecular weight excluding hydrogens is 301 g/mol. The second-order valence-electron chi connectivity index (χ2n) is 3.10. The van der Waals surface area contributed by atoms with Gasteiger partial charge < -0.3 is 5.11 Å². The number of pyridine rings is 1. The van der Waals surface area contributed by atoms with Gasteiger partial charge in [-0.05, 0) is 28.3 Å². The Bertz CT molecular complexity index is 560. The Balaban J connectivity index is 0.00000144. The van der Waals surface area contributed by atoms with E-state index in [0.717, 1.165) is 10.9 Å². The molecule has 5 nitrogen and oxygen atoms in total. The molecule has 2 heterocycles. The fraction of sp³-hybridized carbons (Fsp3) is 0.222.